The minimum atomic E-state index is -0.572. The Morgan fingerprint density at radius 1 is 1.00 bits per heavy atom. The minimum Gasteiger partial charge on any atom is -0.444 e. The number of carbonyl (C=O) groups is 2. The van der Waals surface area contributed by atoms with E-state index in [4.69, 9.17) is 14.2 Å². The predicted octanol–water partition coefficient (Wildman–Crippen LogP) is 2.49. The first kappa shape index (κ1) is 19.5. The molecule has 0 aromatic heterocycles. The lowest BCUT2D eigenvalue weighted by Crippen LogP contribution is -2.47. The van der Waals surface area contributed by atoms with E-state index in [2.05, 4.69) is 0 Å². The molecule has 0 radical (unpaired) electrons. The number of likely N-dealkylation sites (N-methyl/N-ethyl adjacent to an activating group) is 1. The predicted molar refractivity (Wildman–Crippen MR) is 86.4 cm³/mol. The van der Waals surface area contributed by atoms with Crippen molar-refractivity contribution >= 4 is 12.2 Å². The van der Waals surface area contributed by atoms with Crippen LogP contribution in [0, 0.1) is 0 Å². The van der Waals surface area contributed by atoms with Crippen molar-refractivity contribution in [2.24, 2.45) is 0 Å². The lowest BCUT2D eigenvalue weighted by atomic mass is 10.2. The van der Waals surface area contributed by atoms with Crippen molar-refractivity contribution in [1.29, 1.82) is 0 Å². The Hall–Kier alpha value is -1.50. The van der Waals surface area contributed by atoms with Gasteiger partial charge in [-0.1, -0.05) is 0 Å². The maximum Gasteiger partial charge on any atom is 0.410 e. The van der Waals surface area contributed by atoms with Crippen molar-refractivity contribution in [3.8, 4) is 0 Å². The van der Waals surface area contributed by atoms with Gasteiger partial charge in [-0.3, -0.25) is 0 Å². The van der Waals surface area contributed by atoms with Crippen LogP contribution in [0.4, 0.5) is 9.59 Å². The molecular formula is C16H30N2O5. The van der Waals surface area contributed by atoms with Crippen molar-refractivity contribution in [1.82, 2.24) is 9.80 Å². The fourth-order valence-electron chi connectivity index (χ4n) is 2.31. The maximum atomic E-state index is 12.2. The van der Waals surface area contributed by atoms with E-state index in [1.807, 2.05) is 41.5 Å². The average molecular weight is 330 g/mol. The van der Waals surface area contributed by atoms with Crippen LogP contribution in [0.15, 0.2) is 0 Å². The molecule has 0 bridgehead atoms. The fraction of sp³-hybridized carbons (Fsp3) is 0.875. The number of ether oxygens (including phenoxy) is 3. The van der Waals surface area contributed by atoms with Gasteiger partial charge < -0.3 is 24.0 Å². The van der Waals surface area contributed by atoms with Crippen molar-refractivity contribution in [3.63, 3.8) is 0 Å². The van der Waals surface area contributed by atoms with Gasteiger partial charge in [-0.05, 0) is 41.5 Å². The lowest BCUT2D eigenvalue weighted by molar-refractivity contribution is 0.00378. The summed E-state index contributed by atoms with van der Waals surface area (Å²) in [5.41, 5.74) is -1.13. The van der Waals surface area contributed by atoms with Gasteiger partial charge in [0.15, 0.2) is 0 Å². The molecule has 1 aliphatic rings. The maximum absolute atomic E-state index is 12.2. The monoisotopic (exact) mass is 330 g/mol. The van der Waals surface area contributed by atoms with Crippen LogP contribution in [0.2, 0.25) is 0 Å². The summed E-state index contributed by atoms with van der Waals surface area (Å²) in [6, 6.07) is -0.276. The van der Waals surface area contributed by atoms with Crippen LogP contribution in [0.25, 0.3) is 0 Å². The first-order valence-electron chi connectivity index (χ1n) is 7.80. The van der Waals surface area contributed by atoms with Gasteiger partial charge in [0.2, 0.25) is 0 Å². The Balaban J connectivity index is 2.75. The molecule has 1 aliphatic heterocycles. The number of likely N-dealkylation sites (tertiary alicyclic amines) is 1. The topological polar surface area (TPSA) is 68.3 Å². The SMILES string of the molecule is CO[C@H]1CN(C(=O)OC(C)(C)C)C[C@@H]1N(C)C(=O)OC(C)(C)C. The van der Waals surface area contributed by atoms with Crippen LogP contribution in [0.3, 0.4) is 0 Å². The zero-order chi connectivity index (χ0) is 18.0. The molecule has 0 aromatic rings. The molecule has 7 nitrogen and oxygen atoms in total. The van der Waals surface area contributed by atoms with E-state index in [0.29, 0.717) is 13.1 Å². The molecule has 1 saturated heterocycles. The second-order valence-corrected chi connectivity index (χ2v) is 7.82. The molecule has 1 fully saturated rings. The van der Waals surface area contributed by atoms with E-state index in [1.165, 1.54) is 4.90 Å². The van der Waals surface area contributed by atoms with Crippen molar-refractivity contribution in [3.05, 3.63) is 0 Å². The summed E-state index contributed by atoms with van der Waals surface area (Å²) in [6.45, 7) is 11.6. The van der Waals surface area contributed by atoms with Gasteiger partial charge in [-0.15, -0.1) is 0 Å². The highest BCUT2D eigenvalue weighted by atomic mass is 16.6. The molecule has 134 valence electrons. The molecule has 7 heteroatoms. The number of hydrogen-bond donors (Lipinski definition) is 0. The summed E-state index contributed by atoms with van der Waals surface area (Å²) in [4.78, 5) is 27.5. The van der Waals surface area contributed by atoms with Gasteiger partial charge >= 0.3 is 12.2 Å². The molecule has 2 atom stereocenters. The zero-order valence-electron chi connectivity index (χ0n) is 15.5. The van der Waals surface area contributed by atoms with Crippen LogP contribution >= 0.6 is 0 Å². The standard InChI is InChI=1S/C16H30N2O5/c1-15(2,3)22-13(19)17(7)11-9-18(10-12(11)21-8)14(20)23-16(4,5)6/h11-12H,9-10H2,1-8H3/t11-,12-/m0/s1. The summed E-state index contributed by atoms with van der Waals surface area (Å²) in [5, 5.41) is 0. The minimum absolute atomic E-state index is 0.276. The van der Waals surface area contributed by atoms with E-state index in [9.17, 15) is 9.59 Å². The van der Waals surface area contributed by atoms with E-state index >= 15 is 0 Å². The molecule has 0 spiro atoms. The highest BCUT2D eigenvalue weighted by molar-refractivity contribution is 5.70. The average Bonchev–Trinajstić information content (AvgIpc) is 2.77. The first-order valence-corrected chi connectivity index (χ1v) is 7.80. The van der Waals surface area contributed by atoms with Gasteiger partial charge in [0.1, 0.15) is 11.2 Å². The number of rotatable bonds is 2. The Labute approximate surface area is 138 Å². The third-order valence-corrected chi connectivity index (χ3v) is 3.37. The molecule has 0 aromatic carbocycles. The number of amides is 2. The van der Waals surface area contributed by atoms with Crippen molar-refractivity contribution in [2.75, 3.05) is 27.2 Å². The molecule has 0 unspecified atom stereocenters. The molecular weight excluding hydrogens is 300 g/mol. The second-order valence-electron chi connectivity index (χ2n) is 7.82. The van der Waals surface area contributed by atoms with Crippen LogP contribution in [-0.4, -0.2) is 72.6 Å². The summed E-state index contributed by atoms with van der Waals surface area (Å²) < 4.78 is 16.2. The molecule has 2 amide bonds. The Morgan fingerprint density at radius 2 is 1.52 bits per heavy atom. The quantitative estimate of drug-likeness (QED) is 0.778. The van der Waals surface area contributed by atoms with E-state index in [0.717, 1.165) is 0 Å². The van der Waals surface area contributed by atoms with E-state index in [1.54, 1.807) is 19.1 Å². The molecule has 23 heavy (non-hydrogen) atoms. The first-order chi connectivity index (χ1) is 10.3. The summed E-state index contributed by atoms with van der Waals surface area (Å²) in [5.74, 6) is 0. The van der Waals surface area contributed by atoms with Crippen LogP contribution < -0.4 is 0 Å². The summed E-state index contributed by atoms with van der Waals surface area (Å²) in [7, 11) is 3.22. The highest BCUT2D eigenvalue weighted by Gasteiger charge is 2.41. The van der Waals surface area contributed by atoms with Gasteiger partial charge in [0.25, 0.3) is 0 Å². The summed E-state index contributed by atoms with van der Waals surface area (Å²) in [6.07, 6.45) is -1.12. The van der Waals surface area contributed by atoms with Crippen molar-refractivity contribution < 1.29 is 23.8 Å². The van der Waals surface area contributed by atoms with E-state index in [-0.39, 0.29) is 12.1 Å². The third kappa shape index (κ3) is 5.89. The molecule has 0 aliphatic carbocycles. The molecule has 0 saturated carbocycles. The molecule has 0 N–H and O–H groups in total. The van der Waals surface area contributed by atoms with E-state index < -0.39 is 23.4 Å². The summed E-state index contributed by atoms with van der Waals surface area (Å²) >= 11 is 0. The van der Waals surface area contributed by atoms with Gasteiger partial charge in [-0.25, -0.2) is 9.59 Å². The third-order valence-electron chi connectivity index (χ3n) is 3.37. The number of nitrogens with zero attached hydrogens (tertiary/aromatic N) is 2. The number of hydrogen-bond acceptors (Lipinski definition) is 5. The molecule has 1 rings (SSSR count). The highest BCUT2D eigenvalue weighted by Crippen LogP contribution is 2.22. The Morgan fingerprint density at radius 3 is 1.96 bits per heavy atom. The number of carbonyl (C=O) groups excluding carboxylic acids is 2. The Bertz CT molecular complexity index is 439. The van der Waals surface area contributed by atoms with Crippen LogP contribution in [-0.2, 0) is 14.2 Å². The lowest BCUT2D eigenvalue weighted by Gasteiger charge is -2.30. The van der Waals surface area contributed by atoms with Gasteiger partial charge in [0, 0.05) is 20.7 Å². The van der Waals surface area contributed by atoms with Crippen molar-refractivity contribution in [2.45, 2.75) is 64.9 Å². The van der Waals surface area contributed by atoms with Gasteiger partial charge in [0.05, 0.1) is 18.7 Å². The molecule has 1 heterocycles. The van der Waals surface area contributed by atoms with Crippen LogP contribution in [0.5, 0.6) is 0 Å². The van der Waals surface area contributed by atoms with Gasteiger partial charge in [-0.2, -0.15) is 0 Å². The normalized spacial score (nSPS) is 22.0. The Kier molecular flexibility index (Phi) is 5.90. The zero-order valence-corrected chi connectivity index (χ0v) is 15.5. The second kappa shape index (κ2) is 6.95. The number of methoxy groups -OCH3 is 1. The fourth-order valence-corrected chi connectivity index (χ4v) is 2.31. The van der Waals surface area contributed by atoms with Crippen LogP contribution in [0.1, 0.15) is 41.5 Å². The largest absolute Gasteiger partial charge is 0.444 e. The smallest absolute Gasteiger partial charge is 0.410 e.